The molecular weight excluding hydrogens is 326 g/mol. The lowest BCUT2D eigenvalue weighted by molar-refractivity contribution is 0.102. The van der Waals surface area contributed by atoms with Gasteiger partial charge in [-0.3, -0.25) is 9.89 Å². The molecule has 0 fully saturated rings. The van der Waals surface area contributed by atoms with Crippen LogP contribution in [0.1, 0.15) is 16.1 Å². The van der Waals surface area contributed by atoms with Gasteiger partial charge in [0.05, 0.1) is 24.3 Å². The third kappa shape index (κ3) is 2.93. The molecule has 0 saturated heterocycles. The van der Waals surface area contributed by atoms with Crippen LogP contribution >= 0.6 is 15.9 Å². The molecule has 0 aliphatic heterocycles. The number of aromatic nitrogens is 2. The van der Waals surface area contributed by atoms with Crippen molar-refractivity contribution in [3.05, 3.63) is 33.9 Å². The Hall–Kier alpha value is -2.02. The summed E-state index contributed by atoms with van der Waals surface area (Å²) < 4.78 is 11.0. The molecule has 1 aromatic carbocycles. The first-order valence-electron chi connectivity index (χ1n) is 5.80. The zero-order chi connectivity index (χ0) is 14.7. The minimum atomic E-state index is -0.326. The highest BCUT2D eigenvalue weighted by molar-refractivity contribution is 9.10. The highest BCUT2D eigenvalue weighted by Crippen LogP contribution is 2.33. The summed E-state index contributed by atoms with van der Waals surface area (Å²) in [4.78, 5) is 12.3. The summed E-state index contributed by atoms with van der Waals surface area (Å²) in [7, 11) is 3.04. The Bertz CT molecular complexity index is 640. The first-order valence-corrected chi connectivity index (χ1v) is 6.59. The number of hydrogen-bond acceptors (Lipinski definition) is 4. The lowest BCUT2D eigenvalue weighted by Gasteiger charge is -2.12. The van der Waals surface area contributed by atoms with E-state index in [9.17, 15) is 4.79 Å². The van der Waals surface area contributed by atoms with E-state index in [-0.39, 0.29) is 5.91 Å². The molecule has 20 heavy (non-hydrogen) atoms. The van der Waals surface area contributed by atoms with Crippen molar-refractivity contribution in [2.75, 3.05) is 19.5 Å². The third-order valence-electron chi connectivity index (χ3n) is 2.65. The second-order valence-corrected chi connectivity index (χ2v) is 4.93. The van der Waals surface area contributed by atoms with Crippen molar-refractivity contribution in [1.82, 2.24) is 10.2 Å². The first kappa shape index (κ1) is 14.4. The molecule has 0 saturated carbocycles. The molecule has 1 amide bonds. The number of benzene rings is 1. The van der Waals surface area contributed by atoms with Crippen LogP contribution in [0.3, 0.4) is 0 Å². The summed E-state index contributed by atoms with van der Waals surface area (Å²) in [6.07, 6.45) is 0. The summed E-state index contributed by atoms with van der Waals surface area (Å²) >= 11 is 3.35. The van der Waals surface area contributed by atoms with Gasteiger partial charge in [-0.25, -0.2) is 0 Å². The average molecular weight is 340 g/mol. The SMILES string of the molecule is COc1cc(Br)c(OC)c(C(=O)Nc2cc(C)[nH]n2)c1. The van der Waals surface area contributed by atoms with Crippen molar-refractivity contribution in [3.63, 3.8) is 0 Å². The van der Waals surface area contributed by atoms with Gasteiger partial charge in [0.25, 0.3) is 5.91 Å². The van der Waals surface area contributed by atoms with Crippen molar-refractivity contribution in [1.29, 1.82) is 0 Å². The Labute approximate surface area is 124 Å². The van der Waals surface area contributed by atoms with E-state index in [2.05, 4.69) is 31.4 Å². The van der Waals surface area contributed by atoms with Gasteiger partial charge in [-0.15, -0.1) is 0 Å². The molecule has 0 bridgehead atoms. The highest BCUT2D eigenvalue weighted by Gasteiger charge is 2.18. The number of aryl methyl sites for hydroxylation is 1. The Morgan fingerprint density at radius 2 is 2.05 bits per heavy atom. The standard InChI is InChI=1S/C13H14BrN3O3/c1-7-4-11(17-16-7)15-13(18)9-5-8(19-2)6-10(14)12(9)20-3/h4-6H,1-3H3,(H2,15,16,17,18). The van der Waals surface area contributed by atoms with Gasteiger partial charge in [-0.05, 0) is 35.0 Å². The molecular formula is C13H14BrN3O3. The number of nitrogens with zero attached hydrogens (tertiary/aromatic N) is 1. The molecule has 0 spiro atoms. The molecule has 106 valence electrons. The van der Waals surface area contributed by atoms with Crippen molar-refractivity contribution >= 4 is 27.7 Å². The molecule has 2 N–H and O–H groups in total. The minimum absolute atomic E-state index is 0.326. The van der Waals surface area contributed by atoms with E-state index < -0.39 is 0 Å². The van der Waals surface area contributed by atoms with Gasteiger partial charge >= 0.3 is 0 Å². The number of ether oxygens (including phenoxy) is 2. The third-order valence-corrected chi connectivity index (χ3v) is 3.24. The van der Waals surface area contributed by atoms with Crippen LogP contribution in [0.2, 0.25) is 0 Å². The zero-order valence-electron chi connectivity index (χ0n) is 11.3. The van der Waals surface area contributed by atoms with Crippen LogP contribution in [0.25, 0.3) is 0 Å². The predicted molar refractivity (Wildman–Crippen MR) is 78.5 cm³/mol. The fourth-order valence-corrected chi connectivity index (χ4v) is 2.33. The molecule has 7 heteroatoms. The predicted octanol–water partition coefficient (Wildman–Crippen LogP) is 2.75. The Morgan fingerprint density at radius 1 is 1.30 bits per heavy atom. The fraction of sp³-hybridized carbons (Fsp3) is 0.231. The monoisotopic (exact) mass is 339 g/mol. The number of aromatic amines is 1. The molecule has 0 atom stereocenters. The van der Waals surface area contributed by atoms with Gasteiger partial charge < -0.3 is 14.8 Å². The molecule has 0 radical (unpaired) electrons. The first-order chi connectivity index (χ1) is 9.55. The van der Waals surface area contributed by atoms with Crippen LogP contribution in [0, 0.1) is 6.92 Å². The summed E-state index contributed by atoms with van der Waals surface area (Å²) in [6, 6.07) is 5.08. The number of nitrogens with one attached hydrogen (secondary N) is 2. The quantitative estimate of drug-likeness (QED) is 0.897. The number of hydrogen-bond donors (Lipinski definition) is 2. The number of amides is 1. The van der Waals surface area contributed by atoms with Gasteiger partial charge in [-0.2, -0.15) is 5.10 Å². The van der Waals surface area contributed by atoms with Crippen molar-refractivity contribution in [3.8, 4) is 11.5 Å². The van der Waals surface area contributed by atoms with Crippen molar-refractivity contribution in [2.45, 2.75) is 6.92 Å². The maximum Gasteiger partial charge on any atom is 0.260 e. The summed E-state index contributed by atoms with van der Waals surface area (Å²) in [5.41, 5.74) is 1.22. The molecule has 1 aromatic heterocycles. The van der Waals surface area contributed by atoms with Gasteiger partial charge in [0, 0.05) is 11.8 Å². The van der Waals surface area contributed by atoms with Crippen LogP contribution in [-0.4, -0.2) is 30.3 Å². The molecule has 2 aromatic rings. The van der Waals surface area contributed by atoms with Crippen LogP contribution < -0.4 is 14.8 Å². The van der Waals surface area contributed by atoms with Crippen LogP contribution in [0.15, 0.2) is 22.7 Å². The number of anilines is 1. The smallest absolute Gasteiger partial charge is 0.260 e. The van der Waals surface area contributed by atoms with E-state index in [0.29, 0.717) is 27.4 Å². The molecule has 1 heterocycles. The van der Waals surface area contributed by atoms with E-state index in [1.807, 2.05) is 6.92 Å². The summed E-state index contributed by atoms with van der Waals surface area (Å²) in [5.74, 6) is 1.12. The van der Waals surface area contributed by atoms with E-state index in [1.54, 1.807) is 18.2 Å². The summed E-state index contributed by atoms with van der Waals surface area (Å²) in [6.45, 7) is 1.85. The van der Waals surface area contributed by atoms with Crippen LogP contribution in [0.4, 0.5) is 5.82 Å². The van der Waals surface area contributed by atoms with Gasteiger partial charge in [0.15, 0.2) is 5.82 Å². The zero-order valence-corrected chi connectivity index (χ0v) is 12.9. The second-order valence-electron chi connectivity index (χ2n) is 4.08. The molecule has 0 unspecified atom stereocenters. The van der Waals surface area contributed by atoms with Gasteiger partial charge in [-0.1, -0.05) is 0 Å². The maximum atomic E-state index is 12.3. The Morgan fingerprint density at radius 3 is 2.60 bits per heavy atom. The van der Waals surface area contributed by atoms with E-state index >= 15 is 0 Å². The van der Waals surface area contributed by atoms with Crippen molar-refractivity contribution in [2.24, 2.45) is 0 Å². The average Bonchev–Trinajstić information content (AvgIpc) is 2.83. The van der Waals surface area contributed by atoms with E-state index in [1.165, 1.54) is 14.2 Å². The normalized spacial score (nSPS) is 10.2. The Balaban J connectivity index is 2.35. The van der Waals surface area contributed by atoms with Crippen molar-refractivity contribution < 1.29 is 14.3 Å². The number of carbonyl (C=O) groups excluding carboxylic acids is 1. The van der Waals surface area contributed by atoms with Gasteiger partial charge in [0.2, 0.25) is 0 Å². The number of rotatable bonds is 4. The molecule has 2 rings (SSSR count). The summed E-state index contributed by atoms with van der Waals surface area (Å²) in [5, 5.41) is 9.41. The van der Waals surface area contributed by atoms with Crippen LogP contribution in [-0.2, 0) is 0 Å². The van der Waals surface area contributed by atoms with E-state index in [4.69, 9.17) is 9.47 Å². The highest BCUT2D eigenvalue weighted by atomic mass is 79.9. The number of halogens is 1. The number of methoxy groups -OCH3 is 2. The molecule has 6 nitrogen and oxygen atoms in total. The number of carbonyl (C=O) groups is 1. The largest absolute Gasteiger partial charge is 0.497 e. The lowest BCUT2D eigenvalue weighted by atomic mass is 10.1. The van der Waals surface area contributed by atoms with Gasteiger partial charge in [0.1, 0.15) is 11.5 Å². The molecule has 0 aliphatic rings. The molecule has 0 aliphatic carbocycles. The topological polar surface area (TPSA) is 76.2 Å². The Kier molecular flexibility index (Phi) is 4.29. The maximum absolute atomic E-state index is 12.3. The van der Waals surface area contributed by atoms with Crippen LogP contribution in [0.5, 0.6) is 11.5 Å². The second kappa shape index (κ2) is 5.96. The van der Waals surface area contributed by atoms with E-state index in [0.717, 1.165) is 5.69 Å². The fourth-order valence-electron chi connectivity index (χ4n) is 1.73. The number of H-pyrrole nitrogens is 1. The minimum Gasteiger partial charge on any atom is -0.497 e. The lowest BCUT2D eigenvalue weighted by Crippen LogP contribution is -2.14.